The molecule has 0 saturated carbocycles. The van der Waals surface area contributed by atoms with Gasteiger partial charge in [-0.05, 0) is 50.6 Å². The highest BCUT2D eigenvalue weighted by Gasteiger charge is 2.30. The lowest BCUT2D eigenvalue weighted by Gasteiger charge is -2.31. The highest BCUT2D eigenvalue weighted by atomic mass is 32.2. The number of hydrogen-bond acceptors (Lipinski definition) is 4. The number of nitrogens with one attached hydrogen (secondary N) is 1. The number of sulfonamides is 1. The summed E-state index contributed by atoms with van der Waals surface area (Å²) >= 11 is 1.69. The van der Waals surface area contributed by atoms with Crippen molar-refractivity contribution in [3.63, 3.8) is 0 Å². The van der Waals surface area contributed by atoms with E-state index >= 15 is 0 Å². The van der Waals surface area contributed by atoms with E-state index < -0.39 is 10.0 Å². The molecule has 24 heavy (non-hydrogen) atoms. The molecule has 0 aliphatic carbocycles. The number of thioether (sulfide) groups is 1. The number of carbonyl (C=O) groups excluding carboxylic acids is 1. The Bertz CT molecular complexity index is 651. The minimum Gasteiger partial charge on any atom is -0.349 e. The molecule has 1 aliphatic heterocycles. The topological polar surface area (TPSA) is 66.5 Å². The maximum absolute atomic E-state index is 12.4. The third kappa shape index (κ3) is 4.74. The van der Waals surface area contributed by atoms with Crippen LogP contribution in [0.2, 0.25) is 0 Å². The summed E-state index contributed by atoms with van der Waals surface area (Å²) in [5.74, 6) is 0.0265. The monoisotopic (exact) mass is 370 g/mol. The number of benzene rings is 1. The van der Waals surface area contributed by atoms with E-state index in [9.17, 15) is 13.2 Å². The average molecular weight is 371 g/mol. The Kier molecular flexibility index (Phi) is 6.71. The molecule has 0 radical (unpaired) electrons. The normalized spacial score (nSPS) is 18.3. The van der Waals surface area contributed by atoms with Gasteiger partial charge in [0.1, 0.15) is 0 Å². The van der Waals surface area contributed by atoms with Crippen molar-refractivity contribution in [1.29, 1.82) is 0 Å². The number of nitrogens with zero attached hydrogens (tertiary/aromatic N) is 1. The van der Waals surface area contributed by atoms with Crippen molar-refractivity contribution >= 4 is 27.7 Å². The van der Waals surface area contributed by atoms with Crippen LogP contribution in [-0.4, -0.2) is 43.7 Å². The van der Waals surface area contributed by atoms with Crippen LogP contribution in [0.3, 0.4) is 0 Å². The number of piperidine rings is 1. The van der Waals surface area contributed by atoms with Crippen molar-refractivity contribution < 1.29 is 13.2 Å². The zero-order valence-corrected chi connectivity index (χ0v) is 16.1. The van der Waals surface area contributed by atoms with Gasteiger partial charge in [-0.15, -0.1) is 11.8 Å². The van der Waals surface area contributed by atoms with Crippen LogP contribution in [0.25, 0.3) is 0 Å². The number of rotatable bonds is 6. The van der Waals surface area contributed by atoms with E-state index in [1.54, 1.807) is 18.7 Å². The van der Waals surface area contributed by atoms with Crippen molar-refractivity contribution in [1.82, 2.24) is 9.62 Å². The zero-order chi connectivity index (χ0) is 17.7. The van der Waals surface area contributed by atoms with Gasteiger partial charge in [0.2, 0.25) is 15.9 Å². The molecule has 1 amide bonds. The summed E-state index contributed by atoms with van der Waals surface area (Å²) in [6, 6.07) is 8.12. The van der Waals surface area contributed by atoms with Crippen molar-refractivity contribution in [3.8, 4) is 0 Å². The first-order valence-electron chi connectivity index (χ1n) is 8.29. The first-order valence-corrected chi connectivity index (χ1v) is 11.1. The number of carbonyl (C=O) groups is 1. The summed E-state index contributed by atoms with van der Waals surface area (Å²) in [6.45, 7) is 4.50. The lowest BCUT2D eigenvalue weighted by molar-refractivity contribution is -0.126. The minimum absolute atomic E-state index is 0.0185. The van der Waals surface area contributed by atoms with Crippen molar-refractivity contribution in [2.24, 2.45) is 5.92 Å². The molecule has 0 aromatic heterocycles. The first-order chi connectivity index (χ1) is 11.4. The van der Waals surface area contributed by atoms with Crippen LogP contribution in [0.5, 0.6) is 0 Å². The molecule has 0 bridgehead atoms. The van der Waals surface area contributed by atoms with E-state index in [0.29, 0.717) is 25.9 Å². The van der Waals surface area contributed by atoms with E-state index in [0.717, 1.165) is 5.56 Å². The SMILES string of the molecule is CCS(=O)(=O)N1CCC(C(=O)NC(C)c2ccc(SC)cc2)CC1. The summed E-state index contributed by atoms with van der Waals surface area (Å²) in [4.78, 5) is 13.6. The second-order valence-corrected chi connectivity index (χ2v) is 9.21. The Morgan fingerprint density at radius 2 is 1.88 bits per heavy atom. The van der Waals surface area contributed by atoms with Crippen LogP contribution in [0.4, 0.5) is 0 Å². The highest BCUT2D eigenvalue weighted by molar-refractivity contribution is 7.98. The molecule has 5 nitrogen and oxygen atoms in total. The quantitative estimate of drug-likeness (QED) is 0.782. The minimum atomic E-state index is -3.14. The fraction of sp³-hybridized carbons (Fsp3) is 0.588. The largest absolute Gasteiger partial charge is 0.349 e. The van der Waals surface area contributed by atoms with Gasteiger partial charge in [0.05, 0.1) is 11.8 Å². The highest BCUT2D eigenvalue weighted by Crippen LogP contribution is 2.23. The molecule has 1 saturated heterocycles. The molecule has 1 heterocycles. The Balaban J connectivity index is 1.89. The van der Waals surface area contributed by atoms with Crippen molar-refractivity contribution in [2.75, 3.05) is 25.1 Å². The first kappa shape index (κ1) is 19.3. The Morgan fingerprint density at radius 1 is 1.29 bits per heavy atom. The maximum Gasteiger partial charge on any atom is 0.223 e. The molecule has 1 aromatic rings. The van der Waals surface area contributed by atoms with Crippen LogP contribution in [-0.2, 0) is 14.8 Å². The van der Waals surface area contributed by atoms with Crippen LogP contribution in [0.15, 0.2) is 29.2 Å². The molecular weight excluding hydrogens is 344 g/mol. The maximum atomic E-state index is 12.4. The van der Waals surface area contributed by atoms with Gasteiger partial charge in [0, 0.05) is 23.9 Å². The summed E-state index contributed by atoms with van der Waals surface area (Å²) in [5, 5.41) is 3.06. The Morgan fingerprint density at radius 3 is 2.38 bits per heavy atom. The van der Waals surface area contributed by atoms with Gasteiger partial charge < -0.3 is 5.32 Å². The second-order valence-electron chi connectivity index (χ2n) is 6.08. The van der Waals surface area contributed by atoms with E-state index in [-0.39, 0.29) is 23.6 Å². The smallest absolute Gasteiger partial charge is 0.223 e. The molecule has 0 spiro atoms. The second kappa shape index (κ2) is 8.36. The zero-order valence-electron chi connectivity index (χ0n) is 14.5. The van der Waals surface area contributed by atoms with Crippen LogP contribution in [0.1, 0.15) is 38.3 Å². The van der Waals surface area contributed by atoms with Gasteiger partial charge >= 0.3 is 0 Å². The van der Waals surface area contributed by atoms with Crippen molar-refractivity contribution in [2.45, 2.75) is 37.6 Å². The molecular formula is C17H26N2O3S2. The Labute approximate surface area is 149 Å². The lowest BCUT2D eigenvalue weighted by atomic mass is 9.96. The third-order valence-corrected chi connectivity index (χ3v) is 7.18. The lowest BCUT2D eigenvalue weighted by Crippen LogP contribution is -2.43. The van der Waals surface area contributed by atoms with Gasteiger partial charge in [0.15, 0.2) is 0 Å². The predicted molar refractivity (Wildman–Crippen MR) is 98.5 cm³/mol. The van der Waals surface area contributed by atoms with Crippen LogP contribution >= 0.6 is 11.8 Å². The van der Waals surface area contributed by atoms with Crippen LogP contribution < -0.4 is 5.32 Å². The van der Waals surface area contributed by atoms with E-state index in [1.807, 2.05) is 25.3 Å². The fourth-order valence-corrected chi connectivity index (χ4v) is 4.43. The number of amides is 1. The van der Waals surface area contributed by atoms with Gasteiger partial charge in [-0.2, -0.15) is 0 Å². The summed E-state index contributed by atoms with van der Waals surface area (Å²) in [5.41, 5.74) is 1.08. The van der Waals surface area contributed by atoms with E-state index in [2.05, 4.69) is 17.4 Å². The summed E-state index contributed by atoms with van der Waals surface area (Å²) in [6.07, 6.45) is 3.21. The molecule has 1 unspecified atom stereocenters. The molecule has 1 fully saturated rings. The van der Waals surface area contributed by atoms with E-state index in [1.165, 1.54) is 9.20 Å². The molecule has 1 atom stereocenters. The van der Waals surface area contributed by atoms with Crippen molar-refractivity contribution in [3.05, 3.63) is 29.8 Å². The molecule has 1 aliphatic rings. The summed E-state index contributed by atoms with van der Waals surface area (Å²) in [7, 11) is -3.14. The number of hydrogen-bond donors (Lipinski definition) is 1. The average Bonchev–Trinajstić information content (AvgIpc) is 2.61. The molecule has 134 valence electrons. The third-order valence-electron chi connectivity index (χ3n) is 4.56. The van der Waals surface area contributed by atoms with Gasteiger partial charge in [-0.1, -0.05) is 12.1 Å². The molecule has 2 rings (SSSR count). The van der Waals surface area contributed by atoms with Gasteiger partial charge in [-0.25, -0.2) is 12.7 Å². The summed E-state index contributed by atoms with van der Waals surface area (Å²) < 4.78 is 25.2. The predicted octanol–water partition coefficient (Wildman–Crippen LogP) is 2.65. The molecule has 1 N–H and O–H groups in total. The van der Waals surface area contributed by atoms with Gasteiger partial charge in [-0.3, -0.25) is 4.79 Å². The van der Waals surface area contributed by atoms with Crippen LogP contribution in [0, 0.1) is 5.92 Å². The van der Waals surface area contributed by atoms with E-state index in [4.69, 9.17) is 0 Å². The standard InChI is InChI=1S/C17H26N2O3S2/c1-4-24(21,22)19-11-9-15(10-12-19)17(20)18-13(2)14-5-7-16(23-3)8-6-14/h5-8,13,15H,4,9-12H2,1-3H3,(H,18,20). The molecule has 7 heteroatoms. The fourth-order valence-electron chi connectivity index (χ4n) is 2.89. The molecule has 1 aromatic carbocycles. The Hall–Kier alpha value is -1.05. The van der Waals surface area contributed by atoms with Gasteiger partial charge in [0.25, 0.3) is 0 Å².